The molecule has 184 valence electrons. The summed E-state index contributed by atoms with van der Waals surface area (Å²) in [6.07, 6.45) is 26.7. The maximum atomic E-state index is 3.43. The standard InChI is InChI=1S/2C17H15.2ClH.Zr/c2*1-13-11-15-9-5-6-10-16(17(15)12-13)14-7-3-2-4-8-14;;;/h2*2-9,12,16H,10H2,1H3;2*1H;/q2*-1;;;+4/p-2. The van der Waals surface area contributed by atoms with Crippen molar-refractivity contribution in [2.45, 2.75) is 38.5 Å². The van der Waals surface area contributed by atoms with Crippen LogP contribution >= 0.6 is 0 Å². The molecule has 37 heavy (non-hydrogen) atoms. The molecule has 4 aliphatic carbocycles. The zero-order valence-electron chi connectivity index (χ0n) is 21.2. The minimum Gasteiger partial charge on any atom is -1.00 e. The molecule has 3 heteroatoms. The molecular formula is C34H30Cl2Zr. The van der Waals surface area contributed by atoms with Gasteiger partial charge in [-0.05, 0) is 35.8 Å². The van der Waals surface area contributed by atoms with Crippen LogP contribution in [0.2, 0.25) is 0 Å². The fraction of sp³-hybridized carbons (Fsp3) is 0.176. The third kappa shape index (κ3) is 7.45. The Morgan fingerprint density at radius 3 is 1.35 bits per heavy atom. The Hall–Kier alpha value is -2.18. The van der Waals surface area contributed by atoms with Crippen LogP contribution in [0.25, 0.3) is 0 Å². The molecule has 0 saturated carbocycles. The molecule has 2 unspecified atom stereocenters. The molecule has 0 aromatic heterocycles. The third-order valence-corrected chi connectivity index (χ3v) is 6.73. The molecule has 0 nitrogen and oxygen atoms in total. The maximum absolute atomic E-state index is 3.43. The first-order valence-electron chi connectivity index (χ1n) is 12.2. The van der Waals surface area contributed by atoms with E-state index in [4.69, 9.17) is 0 Å². The summed E-state index contributed by atoms with van der Waals surface area (Å²) in [5.74, 6) is 0.956. The Morgan fingerprint density at radius 2 is 0.973 bits per heavy atom. The predicted octanol–water partition coefficient (Wildman–Crippen LogP) is 2.70. The summed E-state index contributed by atoms with van der Waals surface area (Å²) in [5, 5.41) is 0. The van der Waals surface area contributed by atoms with Crippen molar-refractivity contribution in [1.82, 2.24) is 0 Å². The third-order valence-electron chi connectivity index (χ3n) is 6.73. The van der Waals surface area contributed by atoms with Crippen molar-refractivity contribution in [2.24, 2.45) is 0 Å². The van der Waals surface area contributed by atoms with Crippen LogP contribution in [0.15, 0.2) is 143 Å². The van der Waals surface area contributed by atoms with Crippen molar-refractivity contribution in [3.8, 4) is 0 Å². The summed E-state index contributed by atoms with van der Waals surface area (Å²) in [6.45, 7) is 4.24. The number of rotatable bonds is 2. The van der Waals surface area contributed by atoms with Crippen molar-refractivity contribution < 1.29 is 51.0 Å². The molecule has 0 saturated heterocycles. The molecule has 2 aromatic rings. The van der Waals surface area contributed by atoms with Gasteiger partial charge in [0.05, 0.1) is 0 Å². The molecule has 0 fully saturated rings. The van der Waals surface area contributed by atoms with Gasteiger partial charge in [0.25, 0.3) is 0 Å². The van der Waals surface area contributed by atoms with Crippen LogP contribution in [0.4, 0.5) is 0 Å². The van der Waals surface area contributed by atoms with Gasteiger partial charge in [-0.3, -0.25) is 0 Å². The Morgan fingerprint density at radius 1 is 0.595 bits per heavy atom. The van der Waals surface area contributed by atoms with E-state index in [-0.39, 0.29) is 51.0 Å². The van der Waals surface area contributed by atoms with Gasteiger partial charge in [-0.2, -0.15) is 34.4 Å². The van der Waals surface area contributed by atoms with Gasteiger partial charge >= 0.3 is 26.2 Å². The minimum atomic E-state index is 0. The van der Waals surface area contributed by atoms with E-state index < -0.39 is 0 Å². The number of hydrogen-bond donors (Lipinski definition) is 0. The van der Waals surface area contributed by atoms with Gasteiger partial charge in [0, 0.05) is 0 Å². The second kappa shape index (κ2) is 14.7. The van der Waals surface area contributed by atoms with E-state index in [9.17, 15) is 0 Å². The summed E-state index contributed by atoms with van der Waals surface area (Å²) in [7, 11) is 0. The Kier molecular flexibility index (Phi) is 12.3. The van der Waals surface area contributed by atoms with Gasteiger partial charge in [-0.1, -0.05) is 86.7 Å². The van der Waals surface area contributed by atoms with Crippen LogP contribution < -0.4 is 24.8 Å². The molecule has 4 aliphatic rings. The summed E-state index contributed by atoms with van der Waals surface area (Å²) in [5.41, 5.74) is 10.6. The molecule has 2 atom stereocenters. The summed E-state index contributed by atoms with van der Waals surface area (Å²) in [4.78, 5) is 0. The normalized spacial score (nSPS) is 20.6. The van der Waals surface area contributed by atoms with E-state index in [1.165, 1.54) is 44.6 Å². The van der Waals surface area contributed by atoms with Crippen LogP contribution in [0, 0.1) is 12.2 Å². The van der Waals surface area contributed by atoms with E-state index in [1.807, 2.05) is 0 Å². The fourth-order valence-electron chi connectivity index (χ4n) is 5.13. The number of allylic oxidation sites excluding steroid dienone is 16. The predicted molar refractivity (Wildman–Crippen MR) is 143 cm³/mol. The molecule has 0 amide bonds. The average Bonchev–Trinajstić information content (AvgIpc) is 3.27. The monoisotopic (exact) mass is 598 g/mol. The summed E-state index contributed by atoms with van der Waals surface area (Å²) < 4.78 is 0. The first kappa shape index (κ1) is 31.0. The summed E-state index contributed by atoms with van der Waals surface area (Å²) in [6, 6.07) is 21.5. The average molecular weight is 601 g/mol. The van der Waals surface area contributed by atoms with Crippen molar-refractivity contribution in [3.05, 3.63) is 166 Å². The molecule has 2 aromatic carbocycles. The van der Waals surface area contributed by atoms with Crippen LogP contribution in [0.3, 0.4) is 0 Å². The number of fused-ring (bicyclic) bond motifs is 2. The second-order valence-electron chi connectivity index (χ2n) is 9.23. The van der Waals surface area contributed by atoms with Gasteiger partial charge in [-0.15, -0.1) is 47.6 Å². The van der Waals surface area contributed by atoms with Crippen molar-refractivity contribution in [3.63, 3.8) is 0 Å². The molecule has 0 bridgehead atoms. The van der Waals surface area contributed by atoms with Crippen LogP contribution in [0.1, 0.15) is 49.7 Å². The van der Waals surface area contributed by atoms with Gasteiger partial charge in [0.15, 0.2) is 0 Å². The first-order valence-corrected chi connectivity index (χ1v) is 12.2. The van der Waals surface area contributed by atoms with Crippen LogP contribution in [-0.2, 0) is 26.2 Å². The zero-order valence-corrected chi connectivity index (χ0v) is 25.2. The Labute approximate surface area is 254 Å². The van der Waals surface area contributed by atoms with Gasteiger partial charge in [0.1, 0.15) is 0 Å². The van der Waals surface area contributed by atoms with Gasteiger partial charge in [-0.25, -0.2) is 0 Å². The van der Waals surface area contributed by atoms with E-state index >= 15 is 0 Å². The Bertz CT molecular complexity index is 1200. The van der Waals surface area contributed by atoms with Crippen LogP contribution in [0.5, 0.6) is 0 Å². The van der Waals surface area contributed by atoms with E-state index in [2.05, 4.69) is 135 Å². The molecule has 0 spiro atoms. The van der Waals surface area contributed by atoms with E-state index in [0.717, 1.165) is 12.8 Å². The zero-order chi connectivity index (χ0) is 23.3. The molecule has 0 N–H and O–H groups in total. The largest absolute Gasteiger partial charge is 4.00 e. The van der Waals surface area contributed by atoms with Crippen molar-refractivity contribution >= 4 is 0 Å². The second-order valence-corrected chi connectivity index (χ2v) is 9.23. The quantitative estimate of drug-likeness (QED) is 0.466. The first-order chi connectivity index (χ1) is 16.7. The maximum Gasteiger partial charge on any atom is 4.00 e. The molecule has 6 rings (SSSR count). The number of halogens is 2. The Balaban J connectivity index is 0.000000241. The number of hydrogen-bond acceptors (Lipinski definition) is 0. The number of benzene rings is 2. The van der Waals surface area contributed by atoms with Gasteiger partial charge < -0.3 is 24.8 Å². The molecule has 0 radical (unpaired) electrons. The summed E-state index contributed by atoms with van der Waals surface area (Å²) >= 11 is 0. The molecular weight excluding hydrogens is 571 g/mol. The van der Waals surface area contributed by atoms with E-state index in [1.54, 1.807) is 0 Å². The molecule has 0 heterocycles. The van der Waals surface area contributed by atoms with Crippen molar-refractivity contribution in [1.29, 1.82) is 0 Å². The van der Waals surface area contributed by atoms with Crippen LogP contribution in [-0.4, -0.2) is 0 Å². The smallest absolute Gasteiger partial charge is 1.00 e. The minimum absolute atomic E-state index is 0. The van der Waals surface area contributed by atoms with Crippen molar-refractivity contribution in [2.75, 3.05) is 0 Å². The SMILES string of the molecule is CC1=[C-]C2=CC=CCC(c3ccccc3)C2=C1.CC1=[C-]C2=CC=CCC(c3ccccc3)C2=C1.[Cl-].[Cl-].[Zr+4]. The van der Waals surface area contributed by atoms with Gasteiger partial charge in [0.2, 0.25) is 0 Å². The van der Waals surface area contributed by atoms with E-state index in [0.29, 0.717) is 11.8 Å². The molecule has 0 aliphatic heterocycles. The topological polar surface area (TPSA) is 0 Å². The fourth-order valence-corrected chi connectivity index (χ4v) is 5.13.